The number of likely N-dealkylation sites (tertiary alicyclic amines) is 1. The van der Waals surface area contributed by atoms with E-state index in [1.807, 2.05) is 19.4 Å². The van der Waals surface area contributed by atoms with Crippen LogP contribution in [-0.4, -0.2) is 46.4 Å². The van der Waals surface area contributed by atoms with Crippen LogP contribution in [0.25, 0.3) is 0 Å². The molecule has 1 N–H and O–H groups in total. The Morgan fingerprint density at radius 3 is 2.79 bits per heavy atom. The van der Waals surface area contributed by atoms with Crippen LogP contribution < -0.4 is 10.1 Å². The quantitative estimate of drug-likeness (QED) is 0.823. The lowest BCUT2D eigenvalue weighted by molar-refractivity contribution is 0.0444. The first kappa shape index (κ1) is 16.3. The van der Waals surface area contributed by atoms with Crippen molar-refractivity contribution >= 4 is 6.03 Å². The molecule has 1 aromatic carbocycles. The molecular formula is C17H21FN4O2. The highest BCUT2D eigenvalue weighted by Gasteiger charge is 2.32. The fourth-order valence-electron chi connectivity index (χ4n) is 2.58. The Labute approximate surface area is 140 Å². The van der Waals surface area contributed by atoms with E-state index in [9.17, 15) is 9.18 Å². The van der Waals surface area contributed by atoms with Crippen LogP contribution >= 0.6 is 0 Å². The minimum absolute atomic E-state index is 0.0309. The van der Waals surface area contributed by atoms with E-state index >= 15 is 0 Å². The van der Waals surface area contributed by atoms with Gasteiger partial charge in [-0.05, 0) is 42.7 Å². The van der Waals surface area contributed by atoms with Crippen LogP contribution in [0.4, 0.5) is 9.18 Å². The molecule has 1 aliphatic heterocycles. The van der Waals surface area contributed by atoms with Gasteiger partial charge >= 0.3 is 6.03 Å². The van der Waals surface area contributed by atoms with Crippen LogP contribution in [-0.2, 0) is 13.5 Å². The molecule has 128 valence electrons. The summed E-state index contributed by atoms with van der Waals surface area (Å²) >= 11 is 0. The van der Waals surface area contributed by atoms with Gasteiger partial charge in [0.25, 0.3) is 0 Å². The third kappa shape index (κ3) is 4.24. The average molecular weight is 332 g/mol. The van der Waals surface area contributed by atoms with E-state index in [1.165, 1.54) is 17.7 Å². The van der Waals surface area contributed by atoms with Crippen molar-refractivity contribution in [3.05, 3.63) is 48.0 Å². The van der Waals surface area contributed by atoms with Gasteiger partial charge in [-0.15, -0.1) is 0 Å². The Hall–Kier alpha value is -2.57. The molecule has 6 nitrogen and oxygen atoms in total. The number of hydrogen-bond acceptors (Lipinski definition) is 3. The molecule has 3 rings (SSSR count). The Morgan fingerprint density at radius 2 is 2.12 bits per heavy atom. The van der Waals surface area contributed by atoms with Crippen molar-refractivity contribution in [3.63, 3.8) is 0 Å². The molecule has 0 radical (unpaired) electrons. The first-order valence-corrected chi connectivity index (χ1v) is 8.02. The first-order chi connectivity index (χ1) is 11.6. The lowest BCUT2D eigenvalue weighted by atomic mass is 10.2. The topological polar surface area (TPSA) is 59.4 Å². The number of benzene rings is 1. The van der Waals surface area contributed by atoms with Gasteiger partial charge in [0.1, 0.15) is 17.7 Å². The number of aryl methyl sites for hydroxylation is 2. The number of nitrogens with one attached hydrogen (secondary N) is 1. The SMILES string of the molecule is Cn1cc(CCCNC(=O)N2CC(Oc3ccc(F)cc3)C2)cn1. The highest BCUT2D eigenvalue weighted by molar-refractivity contribution is 5.75. The molecule has 0 atom stereocenters. The number of carbonyl (C=O) groups excluding carboxylic acids is 1. The summed E-state index contributed by atoms with van der Waals surface area (Å²) in [5.74, 6) is 0.334. The highest BCUT2D eigenvalue weighted by atomic mass is 19.1. The smallest absolute Gasteiger partial charge is 0.317 e. The summed E-state index contributed by atoms with van der Waals surface area (Å²) in [5.41, 5.74) is 1.17. The summed E-state index contributed by atoms with van der Waals surface area (Å²) in [5, 5.41) is 7.02. The third-order valence-electron chi connectivity index (χ3n) is 3.93. The predicted molar refractivity (Wildman–Crippen MR) is 87.3 cm³/mol. The molecule has 1 aliphatic rings. The van der Waals surface area contributed by atoms with Gasteiger partial charge in [0.2, 0.25) is 0 Å². The lowest BCUT2D eigenvalue weighted by Crippen LogP contribution is -2.58. The maximum atomic E-state index is 12.8. The van der Waals surface area contributed by atoms with Gasteiger partial charge in [-0.3, -0.25) is 4.68 Å². The van der Waals surface area contributed by atoms with Crippen molar-refractivity contribution in [2.45, 2.75) is 18.9 Å². The highest BCUT2D eigenvalue weighted by Crippen LogP contribution is 2.18. The summed E-state index contributed by atoms with van der Waals surface area (Å²) < 4.78 is 20.3. The predicted octanol–water partition coefficient (Wildman–Crippen LogP) is 1.96. The Balaban J connectivity index is 1.31. The van der Waals surface area contributed by atoms with Crippen molar-refractivity contribution in [2.75, 3.05) is 19.6 Å². The number of amides is 2. The van der Waals surface area contributed by atoms with Gasteiger partial charge in [-0.2, -0.15) is 5.10 Å². The monoisotopic (exact) mass is 332 g/mol. The van der Waals surface area contributed by atoms with E-state index in [0.29, 0.717) is 25.4 Å². The van der Waals surface area contributed by atoms with Crippen LogP contribution in [0.5, 0.6) is 5.75 Å². The third-order valence-corrected chi connectivity index (χ3v) is 3.93. The van der Waals surface area contributed by atoms with Crippen molar-refractivity contribution in [2.24, 2.45) is 7.05 Å². The summed E-state index contributed by atoms with van der Waals surface area (Å²) in [4.78, 5) is 13.7. The second-order valence-electron chi connectivity index (χ2n) is 5.96. The van der Waals surface area contributed by atoms with Crippen LogP contribution in [0.15, 0.2) is 36.7 Å². The Morgan fingerprint density at radius 1 is 1.38 bits per heavy atom. The molecule has 1 aromatic heterocycles. The zero-order valence-electron chi connectivity index (χ0n) is 13.6. The van der Waals surface area contributed by atoms with Crippen LogP contribution in [0, 0.1) is 5.82 Å². The molecule has 0 aliphatic carbocycles. The van der Waals surface area contributed by atoms with Crippen molar-refractivity contribution in [3.8, 4) is 5.75 Å². The van der Waals surface area contributed by atoms with Gasteiger partial charge in [0.15, 0.2) is 0 Å². The summed E-state index contributed by atoms with van der Waals surface area (Å²) in [7, 11) is 1.89. The number of ether oxygens (including phenoxy) is 1. The molecule has 7 heteroatoms. The molecule has 0 spiro atoms. The standard InChI is InChI=1S/C17H21FN4O2/c1-21-10-13(9-20-21)3-2-8-19-17(23)22-11-16(12-22)24-15-6-4-14(18)5-7-15/h4-7,9-10,16H,2-3,8,11-12H2,1H3,(H,19,23). The minimum atomic E-state index is -0.289. The number of aromatic nitrogens is 2. The zero-order chi connectivity index (χ0) is 16.9. The molecule has 0 saturated carbocycles. The van der Waals surface area contributed by atoms with Crippen LogP contribution in [0.2, 0.25) is 0 Å². The van der Waals surface area contributed by atoms with Crippen LogP contribution in [0.1, 0.15) is 12.0 Å². The van der Waals surface area contributed by atoms with Crippen molar-refractivity contribution in [1.82, 2.24) is 20.0 Å². The van der Waals surface area contributed by atoms with E-state index in [1.54, 1.807) is 21.7 Å². The van der Waals surface area contributed by atoms with Gasteiger partial charge < -0.3 is 15.0 Å². The first-order valence-electron chi connectivity index (χ1n) is 8.02. The summed E-state index contributed by atoms with van der Waals surface area (Å²) in [6.07, 6.45) is 5.56. The molecule has 2 aromatic rings. The fraction of sp³-hybridized carbons (Fsp3) is 0.412. The molecule has 1 saturated heterocycles. The molecular weight excluding hydrogens is 311 g/mol. The lowest BCUT2D eigenvalue weighted by Gasteiger charge is -2.38. The number of halogens is 1. The minimum Gasteiger partial charge on any atom is -0.487 e. The van der Waals surface area contributed by atoms with E-state index in [0.717, 1.165) is 12.8 Å². The largest absolute Gasteiger partial charge is 0.487 e. The molecule has 0 unspecified atom stereocenters. The molecule has 0 bridgehead atoms. The molecule has 1 fully saturated rings. The number of nitrogens with zero attached hydrogens (tertiary/aromatic N) is 3. The Bertz CT molecular complexity index is 680. The molecule has 2 amide bonds. The summed E-state index contributed by atoms with van der Waals surface area (Å²) in [6.45, 7) is 1.73. The Kier molecular flexibility index (Phi) is 4.98. The number of rotatable bonds is 6. The van der Waals surface area contributed by atoms with Gasteiger partial charge in [-0.25, -0.2) is 9.18 Å². The van der Waals surface area contributed by atoms with E-state index in [4.69, 9.17) is 4.74 Å². The fourth-order valence-corrected chi connectivity index (χ4v) is 2.58. The number of hydrogen-bond donors (Lipinski definition) is 1. The van der Waals surface area contributed by atoms with Gasteiger partial charge in [-0.1, -0.05) is 0 Å². The number of urea groups is 1. The maximum Gasteiger partial charge on any atom is 0.317 e. The zero-order valence-corrected chi connectivity index (χ0v) is 13.6. The van der Waals surface area contributed by atoms with Crippen molar-refractivity contribution in [1.29, 1.82) is 0 Å². The van der Waals surface area contributed by atoms with Crippen LogP contribution in [0.3, 0.4) is 0 Å². The van der Waals surface area contributed by atoms with E-state index < -0.39 is 0 Å². The molecule has 2 heterocycles. The van der Waals surface area contributed by atoms with E-state index in [2.05, 4.69) is 10.4 Å². The summed E-state index contributed by atoms with van der Waals surface area (Å²) in [6, 6.07) is 5.84. The average Bonchev–Trinajstić information content (AvgIpc) is 2.94. The number of carbonyl (C=O) groups is 1. The second kappa shape index (κ2) is 7.33. The van der Waals surface area contributed by atoms with Gasteiger partial charge in [0, 0.05) is 19.8 Å². The normalized spacial score (nSPS) is 14.3. The van der Waals surface area contributed by atoms with Crippen molar-refractivity contribution < 1.29 is 13.9 Å². The second-order valence-corrected chi connectivity index (χ2v) is 5.96. The maximum absolute atomic E-state index is 12.8. The molecule has 24 heavy (non-hydrogen) atoms. The van der Waals surface area contributed by atoms with E-state index in [-0.39, 0.29) is 18.0 Å². The van der Waals surface area contributed by atoms with Gasteiger partial charge in [0.05, 0.1) is 19.3 Å².